The molecule has 0 radical (unpaired) electrons. The lowest BCUT2D eigenvalue weighted by atomic mass is 10.3. The van der Waals surface area contributed by atoms with Crippen LogP contribution in [0.25, 0.3) is 17.1 Å². The minimum atomic E-state index is -0.340. The third-order valence-electron chi connectivity index (χ3n) is 3.84. The van der Waals surface area contributed by atoms with E-state index < -0.39 is 0 Å². The molecule has 3 aromatic rings. The highest BCUT2D eigenvalue weighted by Crippen LogP contribution is 2.33. The smallest absolute Gasteiger partial charge is 0.293 e. The molecular weight excluding hydrogens is 400 g/mol. The summed E-state index contributed by atoms with van der Waals surface area (Å²) in [5.74, 6) is -0.00383. The number of fused-ring (bicyclic) bond motifs is 1. The van der Waals surface area contributed by atoms with E-state index >= 15 is 0 Å². The summed E-state index contributed by atoms with van der Waals surface area (Å²) in [7, 11) is 1.45. The number of H-pyrrole nitrogens is 1. The predicted octanol–water partition coefficient (Wildman–Crippen LogP) is 3.93. The largest absolute Gasteiger partial charge is 0.450 e. The van der Waals surface area contributed by atoms with Crippen LogP contribution in [0, 0.1) is 0 Å². The van der Waals surface area contributed by atoms with E-state index in [-0.39, 0.29) is 17.1 Å². The van der Waals surface area contributed by atoms with Gasteiger partial charge in [0.2, 0.25) is 5.91 Å². The number of anilines is 1. The van der Waals surface area contributed by atoms with Crippen LogP contribution < -0.4 is 5.32 Å². The maximum atomic E-state index is 11.9. The standard InChI is InChI=1S/C18H14N4O4S2/c1-9(23)19-10-3-5-12-13(7-10)21-17(20-12)28-15-6-4-11(26-15)8-14-16(24)22(2)18(25)27-14/h3-8H,1-2H3,(H,19,23)(H,20,21)/b14-8-. The van der Waals surface area contributed by atoms with Gasteiger partial charge in [-0.1, -0.05) is 0 Å². The molecule has 1 aliphatic rings. The number of rotatable bonds is 4. The second-order valence-corrected chi connectivity index (χ2v) is 7.94. The monoisotopic (exact) mass is 414 g/mol. The van der Waals surface area contributed by atoms with Crippen molar-refractivity contribution in [2.24, 2.45) is 0 Å². The van der Waals surface area contributed by atoms with Gasteiger partial charge in [0.05, 0.1) is 15.9 Å². The Morgan fingerprint density at radius 2 is 2.14 bits per heavy atom. The number of aromatic nitrogens is 2. The maximum Gasteiger partial charge on any atom is 0.293 e. The van der Waals surface area contributed by atoms with Crippen LogP contribution in [0.1, 0.15) is 12.7 Å². The number of imidazole rings is 1. The number of amides is 3. The average Bonchev–Trinajstić information content (AvgIpc) is 3.30. The van der Waals surface area contributed by atoms with Crippen LogP contribution in [0.3, 0.4) is 0 Å². The quantitative estimate of drug-likeness (QED) is 0.623. The molecule has 3 heterocycles. The Hall–Kier alpha value is -2.98. The Morgan fingerprint density at radius 3 is 2.86 bits per heavy atom. The highest BCUT2D eigenvalue weighted by atomic mass is 32.2. The molecule has 0 bridgehead atoms. The van der Waals surface area contributed by atoms with Gasteiger partial charge in [-0.3, -0.25) is 19.3 Å². The van der Waals surface area contributed by atoms with Crippen LogP contribution in [0.5, 0.6) is 0 Å². The minimum absolute atomic E-state index is 0.141. The summed E-state index contributed by atoms with van der Waals surface area (Å²) in [5.41, 5.74) is 2.24. The molecule has 10 heteroatoms. The van der Waals surface area contributed by atoms with Crippen molar-refractivity contribution in [2.75, 3.05) is 12.4 Å². The molecule has 8 nitrogen and oxygen atoms in total. The Morgan fingerprint density at radius 1 is 1.32 bits per heavy atom. The second kappa shape index (κ2) is 7.21. The third-order valence-corrected chi connectivity index (χ3v) is 5.61. The van der Waals surface area contributed by atoms with Gasteiger partial charge >= 0.3 is 0 Å². The van der Waals surface area contributed by atoms with Gasteiger partial charge in [-0.15, -0.1) is 0 Å². The zero-order chi connectivity index (χ0) is 19.8. The van der Waals surface area contributed by atoms with Crippen molar-refractivity contribution < 1.29 is 18.8 Å². The normalized spacial score (nSPS) is 15.8. The van der Waals surface area contributed by atoms with Crippen molar-refractivity contribution in [3.05, 3.63) is 41.0 Å². The predicted molar refractivity (Wildman–Crippen MR) is 107 cm³/mol. The first-order chi connectivity index (χ1) is 13.4. The number of aromatic amines is 1. The molecule has 0 spiro atoms. The lowest BCUT2D eigenvalue weighted by Gasteiger charge is -2.00. The first-order valence-electron chi connectivity index (χ1n) is 8.15. The van der Waals surface area contributed by atoms with Crippen LogP contribution >= 0.6 is 23.5 Å². The van der Waals surface area contributed by atoms with Gasteiger partial charge in [0.15, 0.2) is 10.2 Å². The summed E-state index contributed by atoms with van der Waals surface area (Å²) < 4.78 is 5.71. The summed E-state index contributed by atoms with van der Waals surface area (Å²) in [5, 5.41) is 3.64. The molecule has 142 valence electrons. The molecule has 1 saturated heterocycles. The number of carbonyl (C=O) groups excluding carboxylic acids is 3. The summed E-state index contributed by atoms with van der Waals surface area (Å²) in [6, 6.07) is 8.90. The molecule has 1 aromatic carbocycles. The highest BCUT2D eigenvalue weighted by molar-refractivity contribution is 8.18. The lowest BCUT2D eigenvalue weighted by molar-refractivity contribution is -0.121. The van der Waals surface area contributed by atoms with Gasteiger partial charge in [-0.2, -0.15) is 0 Å². The molecule has 0 atom stereocenters. The summed E-state index contributed by atoms with van der Waals surface area (Å²) in [6.07, 6.45) is 1.55. The number of likely N-dealkylation sites (N-methyl/N-ethyl adjacent to an activating group) is 1. The number of carbonyl (C=O) groups is 3. The fraction of sp³-hybridized carbons (Fsp3) is 0.111. The Balaban J connectivity index is 1.52. The van der Waals surface area contributed by atoms with E-state index in [4.69, 9.17) is 4.42 Å². The van der Waals surface area contributed by atoms with Crippen LogP contribution in [-0.2, 0) is 9.59 Å². The number of benzene rings is 1. The van der Waals surface area contributed by atoms with Crippen molar-refractivity contribution in [1.82, 2.24) is 14.9 Å². The zero-order valence-electron chi connectivity index (χ0n) is 14.8. The molecule has 0 unspecified atom stereocenters. The van der Waals surface area contributed by atoms with Crippen LogP contribution in [-0.4, -0.2) is 39.0 Å². The first-order valence-corrected chi connectivity index (χ1v) is 9.79. The molecule has 3 amide bonds. The average molecular weight is 414 g/mol. The molecule has 1 aliphatic heterocycles. The van der Waals surface area contributed by atoms with E-state index in [1.54, 1.807) is 24.3 Å². The van der Waals surface area contributed by atoms with E-state index in [1.807, 2.05) is 12.1 Å². The van der Waals surface area contributed by atoms with Gasteiger partial charge in [0.1, 0.15) is 5.76 Å². The maximum absolute atomic E-state index is 11.9. The summed E-state index contributed by atoms with van der Waals surface area (Å²) in [6.45, 7) is 1.45. The molecule has 2 aromatic heterocycles. The number of thioether (sulfide) groups is 1. The fourth-order valence-electron chi connectivity index (χ4n) is 2.55. The van der Waals surface area contributed by atoms with E-state index in [1.165, 1.54) is 25.7 Å². The number of nitrogens with one attached hydrogen (secondary N) is 2. The van der Waals surface area contributed by atoms with Gasteiger partial charge in [-0.25, -0.2) is 4.98 Å². The molecular formula is C18H14N4O4S2. The van der Waals surface area contributed by atoms with Crippen LogP contribution in [0.4, 0.5) is 10.5 Å². The van der Waals surface area contributed by atoms with E-state index in [2.05, 4.69) is 15.3 Å². The Bertz CT molecular complexity index is 1150. The van der Waals surface area contributed by atoms with Crippen molar-refractivity contribution >= 4 is 63.4 Å². The van der Waals surface area contributed by atoms with Gasteiger partial charge < -0.3 is 14.7 Å². The first kappa shape index (κ1) is 18.4. The molecule has 0 saturated carbocycles. The van der Waals surface area contributed by atoms with E-state index in [0.29, 0.717) is 26.6 Å². The molecule has 0 aliphatic carbocycles. The minimum Gasteiger partial charge on any atom is -0.450 e. The number of hydrogen-bond acceptors (Lipinski definition) is 7. The van der Waals surface area contributed by atoms with Crippen molar-refractivity contribution in [2.45, 2.75) is 17.2 Å². The SMILES string of the molecule is CC(=O)Nc1ccc2nc(Sc3ccc(/C=C4\SC(=O)N(C)C4=O)o3)[nH]c2c1. The number of hydrogen-bond donors (Lipinski definition) is 2. The second-order valence-electron chi connectivity index (χ2n) is 5.95. The molecule has 1 fully saturated rings. The number of furan rings is 1. The third kappa shape index (κ3) is 3.69. The van der Waals surface area contributed by atoms with Crippen LogP contribution in [0.2, 0.25) is 0 Å². The van der Waals surface area contributed by atoms with Crippen LogP contribution in [0.15, 0.2) is 49.9 Å². The van der Waals surface area contributed by atoms with Crippen molar-refractivity contribution in [3.8, 4) is 0 Å². The molecule has 28 heavy (non-hydrogen) atoms. The number of imide groups is 1. The zero-order valence-corrected chi connectivity index (χ0v) is 16.4. The Labute approximate surface area is 167 Å². The van der Waals surface area contributed by atoms with E-state index in [9.17, 15) is 14.4 Å². The molecule has 4 rings (SSSR count). The topological polar surface area (TPSA) is 108 Å². The summed E-state index contributed by atoms with van der Waals surface area (Å²) in [4.78, 5) is 43.7. The Kier molecular flexibility index (Phi) is 4.73. The fourth-order valence-corrected chi connectivity index (χ4v) is 4.13. The number of nitrogens with zero attached hydrogens (tertiary/aromatic N) is 2. The van der Waals surface area contributed by atoms with Gasteiger partial charge in [-0.05, 0) is 53.9 Å². The molecule has 2 N–H and O–H groups in total. The van der Waals surface area contributed by atoms with Crippen molar-refractivity contribution in [3.63, 3.8) is 0 Å². The highest BCUT2D eigenvalue weighted by Gasteiger charge is 2.32. The lowest BCUT2D eigenvalue weighted by Crippen LogP contribution is -2.22. The van der Waals surface area contributed by atoms with Gasteiger partial charge in [0.25, 0.3) is 11.1 Å². The summed E-state index contributed by atoms with van der Waals surface area (Å²) >= 11 is 2.18. The van der Waals surface area contributed by atoms with Gasteiger partial charge in [0, 0.05) is 25.7 Å². The van der Waals surface area contributed by atoms with Crippen molar-refractivity contribution in [1.29, 1.82) is 0 Å². The van der Waals surface area contributed by atoms with E-state index in [0.717, 1.165) is 27.7 Å².